The van der Waals surface area contributed by atoms with Crippen LogP contribution in [0, 0.1) is 0 Å². The van der Waals surface area contributed by atoms with Crippen LogP contribution in [0.5, 0.6) is 0 Å². The summed E-state index contributed by atoms with van der Waals surface area (Å²) in [5, 5.41) is 3.03. The minimum absolute atomic E-state index is 0.00705. The molecule has 20 heavy (non-hydrogen) atoms. The Morgan fingerprint density at radius 1 is 1.35 bits per heavy atom. The standard InChI is InChI=1S/C15H18BrN3O/c1-11(9-13-3-5-14(16)6-4-13)18-15(20)12(2)19-8-7-17-10-19/h3-8,10-12H,9H2,1-2H3,(H,18,20)/t11-,12-/m1/s1. The molecule has 0 saturated heterocycles. The Kier molecular flexibility index (Phi) is 4.95. The zero-order valence-electron chi connectivity index (χ0n) is 11.6. The van der Waals surface area contributed by atoms with Gasteiger partial charge in [0, 0.05) is 22.9 Å². The van der Waals surface area contributed by atoms with E-state index in [-0.39, 0.29) is 18.0 Å². The Hall–Kier alpha value is -1.62. The van der Waals surface area contributed by atoms with Gasteiger partial charge in [-0.25, -0.2) is 4.98 Å². The molecule has 0 fully saturated rings. The molecule has 0 radical (unpaired) electrons. The number of nitrogens with one attached hydrogen (secondary N) is 1. The molecule has 2 aromatic rings. The topological polar surface area (TPSA) is 46.9 Å². The van der Waals surface area contributed by atoms with Gasteiger partial charge in [-0.15, -0.1) is 0 Å². The molecule has 5 heteroatoms. The SMILES string of the molecule is C[C@H](Cc1ccc(Br)cc1)NC(=O)[C@@H](C)n1ccnc1. The van der Waals surface area contributed by atoms with Crippen molar-refractivity contribution in [3.05, 3.63) is 53.0 Å². The van der Waals surface area contributed by atoms with E-state index in [2.05, 4.69) is 38.4 Å². The third-order valence-corrected chi connectivity index (χ3v) is 3.72. The highest BCUT2D eigenvalue weighted by atomic mass is 79.9. The van der Waals surface area contributed by atoms with Crippen LogP contribution in [-0.2, 0) is 11.2 Å². The van der Waals surface area contributed by atoms with E-state index < -0.39 is 0 Å². The average Bonchev–Trinajstić information content (AvgIpc) is 2.94. The number of hydrogen-bond acceptors (Lipinski definition) is 2. The van der Waals surface area contributed by atoms with Crippen molar-refractivity contribution in [2.75, 3.05) is 0 Å². The number of amides is 1. The number of rotatable bonds is 5. The summed E-state index contributed by atoms with van der Waals surface area (Å²) in [6.07, 6.45) is 5.94. The smallest absolute Gasteiger partial charge is 0.243 e. The molecule has 0 saturated carbocycles. The molecule has 2 rings (SSSR count). The van der Waals surface area contributed by atoms with Gasteiger partial charge in [-0.3, -0.25) is 4.79 Å². The first kappa shape index (κ1) is 14.8. The highest BCUT2D eigenvalue weighted by molar-refractivity contribution is 9.10. The van der Waals surface area contributed by atoms with E-state index >= 15 is 0 Å². The van der Waals surface area contributed by atoms with Crippen LogP contribution in [-0.4, -0.2) is 21.5 Å². The van der Waals surface area contributed by atoms with Crippen molar-refractivity contribution < 1.29 is 4.79 Å². The maximum absolute atomic E-state index is 12.1. The molecule has 0 bridgehead atoms. The summed E-state index contributed by atoms with van der Waals surface area (Å²) in [6.45, 7) is 3.88. The number of imidazole rings is 1. The van der Waals surface area contributed by atoms with Crippen LogP contribution in [0.15, 0.2) is 47.5 Å². The van der Waals surface area contributed by atoms with E-state index in [4.69, 9.17) is 0 Å². The van der Waals surface area contributed by atoms with E-state index in [1.54, 1.807) is 23.3 Å². The maximum atomic E-state index is 12.1. The molecule has 1 N–H and O–H groups in total. The average molecular weight is 336 g/mol. The summed E-state index contributed by atoms with van der Waals surface area (Å²) in [4.78, 5) is 16.1. The Morgan fingerprint density at radius 2 is 2.05 bits per heavy atom. The summed E-state index contributed by atoms with van der Waals surface area (Å²) in [6, 6.07) is 7.99. The van der Waals surface area contributed by atoms with Crippen LogP contribution in [0.1, 0.15) is 25.5 Å². The Morgan fingerprint density at radius 3 is 2.65 bits per heavy atom. The lowest BCUT2D eigenvalue weighted by molar-refractivity contribution is -0.124. The fourth-order valence-electron chi connectivity index (χ4n) is 2.02. The molecule has 1 heterocycles. The lowest BCUT2D eigenvalue weighted by Gasteiger charge is -2.18. The second-order valence-corrected chi connectivity index (χ2v) is 5.84. The van der Waals surface area contributed by atoms with E-state index in [0.717, 1.165) is 10.9 Å². The van der Waals surface area contributed by atoms with E-state index in [9.17, 15) is 4.79 Å². The zero-order chi connectivity index (χ0) is 14.5. The molecule has 0 spiro atoms. The van der Waals surface area contributed by atoms with Crippen LogP contribution >= 0.6 is 15.9 Å². The monoisotopic (exact) mass is 335 g/mol. The van der Waals surface area contributed by atoms with Crippen molar-refractivity contribution in [2.24, 2.45) is 0 Å². The second kappa shape index (κ2) is 6.70. The zero-order valence-corrected chi connectivity index (χ0v) is 13.2. The van der Waals surface area contributed by atoms with Gasteiger partial charge in [0.05, 0.1) is 6.33 Å². The van der Waals surface area contributed by atoms with Crippen molar-refractivity contribution in [3.63, 3.8) is 0 Å². The molecule has 1 amide bonds. The number of nitrogens with zero attached hydrogens (tertiary/aromatic N) is 2. The quantitative estimate of drug-likeness (QED) is 0.913. The summed E-state index contributed by atoms with van der Waals surface area (Å²) in [7, 11) is 0. The molecule has 0 aliphatic rings. The van der Waals surface area contributed by atoms with Crippen LogP contribution in [0.2, 0.25) is 0 Å². The fraction of sp³-hybridized carbons (Fsp3) is 0.333. The summed E-state index contributed by atoms with van der Waals surface area (Å²) < 4.78 is 2.86. The molecular weight excluding hydrogens is 318 g/mol. The van der Waals surface area contributed by atoms with Gasteiger partial charge < -0.3 is 9.88 Å². The van der Waals surface area contributed by atoms with E-state index in [0.29, 0.717) is 0 Å². The first-order chi connectivity index (χ1) is 9.56. The lowest BCUT2D eigenvalue weighted by atomic mass is 10.1. The number of carbonyl (C=O) groups is 1. The lowest BCUT2D eigenvalue weighted by Crippen LogP contribution is -2.38. The van der Waals surface area contributed by atoms with Crippen LogP contribution in [0.3, 0.4) is 0 Å². The van der Waals surface area contributed by atoms with Crippen molar-refractivity contribution in [2.45, 2.75) is 32.4 Å². The molecule has 2 atom stereocenters. The van der Waals surface area contributed by atoms with Crippen LogP contribution in [0.4, 0.5) is 0 Å². The highest BCUT2D eigenvalue weighted by Gasteiger charge is 2.16. The molecule has 106 valence electrons. The van der Waals surface area contributed by atoms with Gasteiger partial charge in [-0.2, -0.15) is 0 Å². The first-order valence-electron chi connectivity index (χ1n) is 6.58. The molecule has 0 aliphatic heterocycles. The minimum atomic E-state index is -0.245. The van der Waals surface area contributed by atoms with Gasteiger partial charge in [-0.05, 0) is 38.0 Å². The molecular formula is C15H18BrN3O. The first-order valence-corrected chi connectivity index (χ1v) is 7.38. The van der Waals surface area contributed by atoms with Crippen molar-refractivity contribution in [1.82, 2.24) is 14.9 Å². The Labute approximate surface area is 127 Å². The summed E-state index contributed by atoms with van der Waals surface area (Å²) >= 11 is 3.41. The van der Waals surface area contributed by atoms with Gasteiger partial charge in [0.25, 0.3) is 0 Å². The van der Waals surface area contributed by atoms with Crippen molar-refractivity contribution >= 4 is 21.8 Å². The number of carbonyl (C=O) groups excluding carboxylic acids is 1. The minimum Gasteiger partial charge on any atom is -0.352 e. The Bertz CT molecular complexity index is 551. The molecule has 0 aliphatic carbocycles. The Balaban J connectivity index is 1.89. The maximum Gasteiger partial charge on any atom is 0.243 e. The van der Waals surface area contributed by atoms with E-state index in [1.807, 2.05) is 26.0 Å². The number of benzene rings is 1. The fourth-order valence-corrected chi connectivity index (χ4v) is 2.29. The second-order valence-electron chi connectivity index (χ2n) is 4.93. The third-order valence-electron chi connectivity index (χ3n) is 3.20. The number of halogens is 1. The number of hydrogen-bond donors (Lipinski definition) is 1. The molecule has 1 aromatic heterocycles. The van der Waals surface area contributed by atoms with Gasteiger partial charge in [0.1, 0.15) is 6.04 Å². The summed E-state index contributed by atoms with van der Waals surface area (Å²) in [5.41, 5.74) is 1.20. The number of aromatic nitrogens is 2. The highest BCUT2D eigenvalue weighted by Crippen LogP contribution is 2.12. The molecule has 4 nitrogen and oxygen atoms in total. The van der Waals surface area contributed by atoms with Crippen LogP contribution in [0.25, 0.3) is 0 Å². The van der Waals surface area contributed by atoms with Gasteiger partial charge in [-0.1, -0.05) is 28.1 Å². The largest absolute Gasteiger partial charge is 0.352 e. The molecule has 0 unspecified atom stereocenters. The van der Waals surface area contributed by atoms with Crippen molar-refractivity contribution in [1.29, 1.82) is 0 Å². The predicted molar refractivity (Wildman–Crippen MR) is 82.4 cm³/mol. The van der Waals surface area contributed by atoms with Gasteiger partial charge in [0.2, 0.25) is 5.91 Å². The summed E-state index contributed by atoms with van der Waals surface area (Å²) in [5.74, 6) is 0.00705. The predicted octanol–water partition coefficient (Wildman–Crippen LogP) is 2.95. The normalized spacial score (nSPS) is 13.8. The van der Waals surface area contributed by atoms with Gasteiger partial charge in [0.15, 0.2) is 0 Å². The van der Waals surface area contributed by atoms with Gasteiger partial charge >= 0.3 is 0 Å². The van der Waals surface area contributed by atoms with E-state index in [1.165, 1.54) is 5.56 Å². The van der Waals surface area contributed by atoms with Crippen molar-refractivity contribution in [3.8, 4) is 0 Å². The molecule has 1 aromatic carbocycles. The van der Waals surface area contributed by atoms with Crippen LogP contribution < -0.4 is 5.32 Å². The third kappa shape index (κ3) is 3.93.